The van der Waals surface area contributed by atoms with E-state index in [1.54, 1.807) is 0 Å². The summed E-state index contributed by atoms with van der Waals surface area (Å²) in [5.41, 5.74) is 8.49. The van der Waals surface area contributed by atoms with E-state index in [0.717, 1.165) is 5.69 Å². The lowest BCUT2D eigenvalue weighted by atomic mass is 9.99. The molecule has 1 aliphatic rings. The third kappa shape index (κ3) is 2.41. The summed E-state index contributed by atoms with van der Waals surface area (Å²) in [6, 6.07) is 17.6. The molecule has 0 radical (unpaired) electrons. The van der Waals surface area contributed by atoms with Crippen molar-refractivity contribution in [3.63, 3.8) is 0 Å². The number of aromatic nitrogens is 2. The van der Waals surface area contributed by atoms with Crippen LogP contribution in [0.1, 0.15) is 48.3 Å². The fraction of sp³-hybridized carbons (Fsp3) is 0.286. The molecule has 0 amide bonds. The Balaban J connectivity index is 1.82. The zero-order valence-electron chi connectivity index (χ0n) is 14.7. The summed E-state index contributed by atoms with van der Waals surface area (Å²) >= 11 is 0. The van der Waals surface area contributed by atoms with E-state index in [4.69, 9.17) is 5.10 Å². The predicted molar refractivity (Wildman–Crippen MR) is 99.4 cm³/mol. The van der Waals surface area contributed by atoms with E-state index in [0.29, 0.717) is 5.92 Å². The highest BCUT2D eigenvalue weighted by Gasteiger charge is 2.26. The zero-order valence-corrected chi connectivity index (χ0v) is 14.7. The quantitative estimate of drug-likeness (QED) is 0.698. The molecule has 0 bridgehead atoms. The van der Waals surface area contributed by atoms with E-state index in [-0.39, 0.29) is 6.17 Å². The van der Waals surface area contributed by atoms with Gasteiger partial charge in [-0.15, -0.1) is 0 Å². The Bertz CT molecular complexity index is 888. The highest BCUT2D eigenvalue weighted by Crippen LogP contribution is 2.39. The molecule has 0 spiro atoms. The minimum atomic E-state index is 0.0325. The largest absolute Gasteiger partial charge is 0.359 e. The average Bonchev–Trinajstić information content (AvgIpc) is 2.96. The van der Waals surface area contributed by atoms with Crippen molar-refractivity contribution in [2.45, 2.75) is 39.8 Å². The Kier molecular flexibility index (Phi) is 3.45. The lowest BCUT2D eigenvalue weighted by molar-refractivity contribution is 0.571. The van der Waals surface area contributed by atoms with Crippen molar-refractivity contribution in [3.05, 3.63) is 70.9 Å². The maximum Gasteiger partial charge on any atom is 0.147 e. The predicted octanol–water partition coefficient (Wildman–Crippen LogP) is 5.26. The van der Waals surface area contributed by atoms with E-state index in [9.17, 15) is 0 Å². The summed E-state index contributed by atoms with van der Waals surface area (Å²) in [6.07, 6.45) is 0.0325. The summed E-state index contributed by atoms with van der Waals surface area (Å²) in [5, 5.41) is 8.41. The maximum atomic E-state index is 4.75. The van der Waals surface area contributed by atoms with Crippen LogP contribution in [0.15, 0.2) is 48.5 Å². The number of aryl methyl sites for hydroxylation is 2. The van der Waals surface area contributed by atoms with Gasteiger partial charge >= 0.3 is 0 Å². The molecule has 122 valence electrons. The van der Waals surface area contributed by atoms with Crippen molar-refractivity contribution in [2.24, 2.45) is 0 Å². The molecular formula is C21H23N3. The molecule has 1 atom stereocenters. The van der Waals surface area contributed by atoms with Crippen LogP contribution in [0.4, 0.5) is 5.69 Å². The Morgan fingerprint density at radius 2 is 1.75 bits per heavy atom. The minimum absolute atomic E-state index is 0.0325. The second-order valence-electron chi connectivity index (χ2n) is 7.03. The van der Waals surface area contributed by atoms with E-state index < -0.39 is 0 Å². The second-order valence-corrected chi connectivity index (χ2v) is 7.03. The van der Waals surface area contributed by atoms with Crippen LogP contribution in [0.3, 0.4) is 0 Å². The zero-order chi connectivity index (χ0) is 16.8. The van der Waals surface area contributed by atoms with Crippen molar-refractivity contribution in [1.29, 1.82) is 0 Å². The fourth-order valence-electron chi connectivity index (χ4n) is 3.41. The molecule has 1 N–H and O–H groups in total. The molecule has 2 heterocycles. The van der Waals surface area contributed by atoms with Gasteiger partial charge in [0.1, 0.15) is 6.17 Å². The third-order valence-corrected chi connectivity index (χ3v) is 4.76. The molecule has 24 heavy (non-hydrogen) atoms. The number of hydrogen-bond acceptors (Lipinski definition) is 2. The van der Waals surface area contributed by atoms with Gasteiger partial charge in [-0.05, 0) is 49.1 Å². The van der Waals surface area contributed by atoms with Crippen LogP contribution < -0.4 is 5.32 Å². The van der Waals surface area contributed by atoms with Gasteiger partial charge in [-0.2, -0.15) is 5.10 Å². The topological polar surface area (TPSA) is 29.9 Å². The van der Waals surface area contributed by atoms with Gasteiger partial charge in [-0.1, -0.05) is 49.7 Å². The SMILES string of the molecule is Cc1ccc2c(c1)-c1cc(C)nn1C(c1ccc(C(C)C)cc1)N2. The van der Waals surface area contributed by atoms with Crippen molar-refractivity contribution in [1.82, 2.24) is 9.78 Å². The van der Waals surface area contributed by atoms with Gasteiger partial charge in [-0.25, -0.2) is 4.68 Å². The lowest BCUT2D eigenvalue weighted by Crippen LogP contribution is -2.25. The number of fused-ring (bicyclic) bond motifs is 3. The summed E-state index contributed by atoms with van der Waals surface area (Å²) in [6.45, 7) is 8.63. The molecule has 1 aliphatic heterocycles. The minimum Gasteiger partial charge on any atom is -0.359 e. The molecule has 1 aromatic heterocycles. The van der Waals surface area contributed by atoms with E-state index in [2.05, 4.69) is 86.2 Å². The van der Waals surface area contributed by atoms with Crippen LogP contribution in [0.5, 0.6) is 0 Å². The first-order valence-corrected chi connectivity index (χ1v) is 8.56. The van der Waals surface area contributed by atoms with Crippen LogP contribution in [0.2, 0.25) is 0 Å². The normalized spacial score (nSPS) is 15.8. The standard InChI is InChI=1S/C21H23N3/c1-13(2)16-6-8-17(9-7-16)21-22-19-10-5-14(3)11-18(19)20-12-15(4)23-24(20)21/h5-13,21-22H,1-4H3. The highest BCUT2D eigenvalue weighted by molar-refractivity contribution is 5.79. The Hall–Kier alpha value is -2.55. The van der Waals surface area contributed by atoms with Gasteiger partial charge in [0, 0.05) is 11.3 Å². The lowest BCUT2D eigenvalue weighted by Gasteiger charge is -2.29. The fourth-order valence-corrected chi connectivity index (χ4v) is 3.41. The molecule has 3 aromatic rings. The summed E-state index contributed by atoms with van der Waals surface area (Å²) in [4.78, 5) is 0. The van der Waals surface area contributed by atoms with E-state index in [1.807, 2.05) is 0 Å². The molecule has 0 fully saturated rings. The van der Waals surface area contributed by atoms with Crippen LogP contribution in [0.25, 0.3) is 11.3 Å². The van der Waals surface area contributed by atoms with Crippen molar-refractivity contribution >= 4 is 5.69 Å². The Morgan fingerprint density at radius 1 is 1.00 bits per heavy atom. The van der Waals surface area contributed by atoms with Gasteiger partial charge in [0.2, 0.25) is 0 Å². The molecule has 3 heteroatoms. The smallest absolute Gasteiger partial charge is 0.147 e. The number of rotatable bonds is 2. The first kappa shape index (κ1) is 15.0. The molecular weight excluding hydrogens is 294 g/mol. The Labute approximate surface area is 143 Å². The van der Waals surface area contributed by atoms with E-state index >= 15 is 0 Å². The number of nitrogens with one attached hydrogen (secondary N) is 1. The van der Waals surface area contributed by atoms with Crippen LogP contribution in [-0.4, -0.2) is 9.78 Å². The number of anilines is 1. The van der Waals surface area contributed by atoms with Gasteiger partial charge in [-0.3, -0.25) is 0 Å². The summed E-state index contributed by atoms with van der Waals surface area (Å²) < 4.78 is 2.11. The number of hydrogen-bond donors (Lipinski definition) is 1. The van der Waals surface area contributed by atoms with Crippen molar-refractivity contribution in [2.75, 3.05) is 5.32 Å². The number of benzene rings is 2. The average molecular weight is 317 g/mol. The monoisotopic (exact) mass is 317 g/mol. The summed E-state index contributed by atoms with van der Waals surface area (Å²) in [7, 11) is 0. The molecule has 3 nitrogen and oxygen atoms in total. The van der Waals surface area contributed by atoms with Crippen molar-refractivity contribution < 1.29 is 0 Å². The van der Waals surface area contributed by atoms with Gasteiger partial charge in [0.25, 0.3) is 0 Å². The van der Waals surface area contributed by atoms with Crippen LogP contribution in [-0.2, 0) is 0 Å². The molecule has 0 saturated heterocycles. The van der Waals surface area contributed by atoms with Gasteiger partial charge in [0.05, 0.1) is 11.4 Å². The molecule has 0 aliphatic carbocycles. The first-order valence-electron chi connectivity index (χ1n) is 8.56. The Morgan fingerprint density at radius 3 is 2.46 bits per heavy atom. The van der Waals surface area contributed by atoms with Gasteiger partial charge < -0.3 is 5.32 Å². The summed E-state index contributed by atoms with van der Waals surface area (Å²) in [5.74, 6) is 0.546. The molecule has 2 aromatic carbocycles. The number of nitrogens with zero attached hydrogens (tertiary/aromatic N) is 2. The van der Waals surface area contributed by atoms with Crippen LogP contribution >= 0.6 is 0 Å². The highest BCUT2D eigenvalue weighted by atomic mass is 15.4. The first-order chi connectivity index (χ1) is 11.5. The maximum absolute atomic E-state index is 4.75. The second kappa shape index (κ2) is 5.52. The van der Waals surface area contributed by atoms with E-state index in [1.165, 1.54) is 33.6 Å². The molecule has 0 saturated carbocycles. The van der Waals surface area contributed by atoms with Crippen LogP contribution in [0, 0.1) is 13.8 Å². The third-order valence-electron chi connectivity index (χ3n) is 4.76. The van der Waals surface area contributed by atoms with Crippen molar-refractivity contribution in [3.8, 4) is 11.3 Å². The van der Waals surface area contributed by atoms with Gasteiger partial charge in [0.15, 0.2) is 0 Å². The molecule has 1 unspecified atom stereocenters. The molecule has 4 rings (SSSR count).